The molecule has 2 N–H and O–H groups in total. The molecule has 2 heterocycles. The smallest absolute Gasteiger partial charge is 0.257 e. The summed E-state index contributed by atoms with van der Waals surface area (Å²) in [5.41, 5.74) is 7.27. The van der Waals surface area contributed by atoms with Crippen LogP contribution >= 0.6 is 11.3 Å². The molecule has 1 aliphatic rings. The molecule has 0 atom stereocenters. The summed E-state index contributed by atoms with van der Waals surface area (Å²) < 4.78 is 5.22. The monoisotopic (exact) mass is 305 g/mol. The summed E-state index contributed by atoms with van der Waals surface area (Å²) in [5.74, 6) is 0.558. The van der Waals surface area contributed by atoms with E-state index >= 15 is 0 Å². The van der Waals surface area contributed by atoms with E-state index in [1.165, 1.54) is 29.7 Å². The molecule has 3 rings (SSSR count). The van der Waals surface area contributed by atoms with Gasteiger partial charge < -0.3 is 15.1 Å². The van der Waals surface area contributed by atoms with Gasteiger partial charge in [-0.05, 0) is 31.7 Å². The molecule has 0 spiro atoms. The second-order valence-electron chi connectivity index (χ2n) is 5.35. The number of carbonyl (C=O) groups excluding carboxylic acids is 1. The second kappa shape index (κ2) is 5.99. The van der Waals surface area contributed by atoms with Gasteiger partial charge in [0.15, 0.2) is 0 Å². The zero-order chi connectivity index (χ0) is 14.8. The van der Waals surface area contributed by atoms with Gasteiger partial charge in [-0.1, -0.05) is 0 Å². The topological polar surface area (TPSA) is 72.4 Å². The third-order valence-electron chi connectivity index (χ3n) is 3.71. The molecule has 0 saturated heterocycles. The number of furan rings is 1. The number of hydrogen-bond acceptors (Lipinski definition) is 5. The van der Waals surface area contributed by atoms with Gasteiger partial charge >= 0.3 is 0 Å². The predicted molar refractivity (Wildman–Crippen MR) is 81.2 cm³/mol. The number of carbonyl (C=O) groups is 1. The van der Waals surface area contributed by atoms with Gasteiger partial charge in [-0.3, -0.25) is 4.79 Å². The Balaban J connectivity index is 1.69. The molecule has 0 aromatic carbocycles. The van der Waals surface area contributed by atoms with E-state index in [0.717, 1.165) is 17.8 Å². The fourth-order valence-electron chi connectivity index (χ4n) is 2.57. The number of fused-ring (bicyclic) bond motifs is 1. The highest BCUT2D eigenvalue weighted by Crippen LogP contribution is 2.27. The number of rotatable bonds is 4. The average molecular weight is 305 g/mol. The Labute approximate surface area is 127 Å². The van der Waals surface area contributed by atoms with Gasteiger partial charge in [0.25, 0.3) is 5.91 Å². The van der Waals surface area contributed by atoms with E-state index in [0.29, 0.717) is 24.4 Å². The van der Waals surface area contributed by atoms with Gasteiger partial charge in [0.1, 0.15) is 17.0 Å². The summed E-state index contributed by atoms with van der Waals surface area (Å²) in [6.45, 7) is 0.843. The molecule has 6 heteroatoms. The first-order valence-corrected chi connectivity index (χ1v) is 7.99. The number of nitrogens with two attached hydrogens (primary N) is 1. The maximum absolute atomic E-state index is 12.3. The van der Waals surface area contributed by atoms with Crippen LogP contribution in [0.1, 0.15) is 44.5 Å². The lowest BCUT2D eigenvalue weighted by Gasteiger charge is -2.14. The summed E-state index contributed by atoms with van der Waals surface area (Å²) in [7, 11) is 1.79. The third-order valence-corrected chi connectivity index (χ3v) is 4.85. The average Bonchev–Trinajstić information content (AvgIpc) is 3.12. The van der Waals surface area contributed by atoms with Crippen LogP contribution in [-0.4, -0.2) is 22.8 Å². The van der Waals surface area contributed by atoms with E-state index in [9.17, 15) is 4.79 Å². The normalized spacial score (nSPS) is 14.0. The highest BCUT2D eigenvalue weighted by molar-refractivity contribution is 7.11. The maximum atomic E-state index is 12.3. The van der Waals surface area contributed by atoms with Crippen LogP contribution in [-0.2, 0) is 25.9 Å². The minimum atomic E-state index is -0.0633. The first kappa shape index (κ1) is 14.3. The van der Waals surface area contributed by atoms with Crippen molar-refractivity contribution in [3.63, 3.8) is 0 Å². The van der Waals surface area contributed by atoms with Crippen LogP contribution in [0.25, 0.3) is 0 Å². The van der Waals surface area contributed by atoms with E-state index in [1.54, 1.807) is 29.4 Å². The van der Waals surface area contributed by atoms with Crippen molar-refractivity contribution in [3.05, 3.63) is 39.2 Å². The number of nitrogens with zero attached hydrogens (tertiary/aromatic N) is 2. The Morgan fingerprint density at radius 1 is 1.48 bits per heavy atom. The van der Waals surface area contributed by atoms with E-state index in [4.69, 9.17) is 10.2 Å². The molecule has 5 nitrogen and oxygen atoms in total. The minimum Gasteiger partial charge on any atom is -0.467 e. The van der Waals surface area contributed by atoms with Crippen molar-refractivity contribution in [3.8, 4) is 0 Å². The van der Waals surface area contributed by atoms with Gasteiger partial charge in [-0.2, -0.15) is 0 Å². The number of thiazole rings is 1. The fourth-order valence-corrected chi connectivity index (χ4v) is 3.78. The van der Waals surface area contributed by atoms with Gasteiger partial charge in [-0.25, -0.2) is 4.98 Å². The lowest BCUT2D eigenvalue weighted by atomic mass is 10.0. The Bertz CT molecular complexity index is 624. The van der Waals surface area contributed by atoms with Gasteiger partial charge in [0.2, 0.25) is 0 Å². The molecule has 2 aromatic rings. The molecule has 112 valence electrons. The second-order valence-corrected chi connectivity index (χ2v) is 6.52. The lowest BCUT2D eigenvalue weighted by molar-refractivity contribution is 0.0784. The van der Waals surface area contributed by atoms with E-state index in [-0.39, 0.29) is 5.91 Å². The summed E-state index contributed by atoms with van der Waals surface area (Å²) in [4.78, 5) is 20.1. The van der Waals surface area contributed by atoms with E-state index in [2.05, 4.69) is 4.98 Å². The van der Waals surface area contributed by atoms with E-state index < -0.39 is 0 Å². The zero-order valence-electron chi connectivity index (χ0n) is 12.1. The van der Waals surface area contributed by atoms with Crippen molar-refractivity contribution in [1.29, 1.82) is 0 Å². The quantitative estimate of drug-likeness (QED) is 0.941. The van der Waals surface area contributed by atoms with Gasteiger partial charge in [0, 0.05) is 11.9 Å². The van der Waals surface area contributed by atoms with Crippen LogP contribution in [0.3, 0.4) is 0 Å². The van der Waals surface area contributed by atoms with Crippen LogP contribution in [0.4, 0.5) is 0 Å². The van der Waals surface area contributed by atoms with Crippen LogP contribution in [0.15, 0.2) is 16.7 Å². The molecule has 0 fully saturated rings. The van der Waals surface area contributed by atoms with Crippen molar-refractivity contribution in [2.24, 2.45) is 5.73 Å². The lowest BCUT2D eigenvalue weighted by Crippen LogP contribution is -2.25. The molecule has 0 radical (unpaired) electrons. The molecule has 0 aliphatic heterocycles. The summed E-state index contributed by atoms with van der Waals surface area (Å²) in [5, 5.41) is 1.01. The Morgan fingerprint density at radius 2 is 2.29 bits per heavy atom. The van der Waals surface area contributed by atoms with Crippen molar-refractivity contribution < 1.29 is 9.21 Å². The first-order valence-electron chi connectivity index (χ1n) is 7.17. The van der Waals surface area contributed by atoms with E-state index in [1.807, 2.05) is 0 Å². The third kappa shape index (κ3) is 3.01. The molecule has 2 aromatic heterocycles. The Hall–Kier alpha value is -1.66. The standard InChI is InChI=1S/C15H19N3O2S/c1-18(15(19)10-6-11(7-16)20-9-10)8-14-17-12-4-2-3-5-13(12)21-14/h6,9H,2-5,7-8,16H2,1H3. The Kier molecular flexibility index (Phi) is 4.07. The predicted octanol–water partition coefficient (Wildman–Crippen LogP) is 2.35. The highest BCUT2D eigenvalue weighted by Gasteiger charge is 2.19. The van der Waals surface area contributed by atoms with Gasteiger partial charge in [-0.15, -0.1) is 11.3 Å². The Morgan fingerprint density at radius 3 is 3.00 bits per heavy atom. The van der Waals surface area contributed by atoms with Crippen molar-refractivity contribution >= 4 is 17.2 Å². The summed E-state index contributed by atoms with van der Waals surface area (Å²) >= 11 is 1.74. The van der Waals surface area contributed by atoms with Crippen LogP contribution in [0.5, 0.6) is 0 Å². The SMILES string of the molecule is CN(Cc1nc2c(s1)CCCC2)C(=O)c1coc(CN)c1. The molecule has 21 heavy (non-hydrogen) atoms. The van der Waals surface area contributed by atoms with Crippen molar-refractivity contribution in [2.45, 2.75) is 38.8 Å². The zero-order valence-corrected chi connectivity index (χ0v) is 12.9. The largest absolute Gasteiger partial charge is 0.467 e. The minimum absolute atomic E-state index is 0.0633. The number of amides is 1. The molecule has 1 aliphatic carbocycles. The molecule has 0 saturated carbocycles. The molecular formula is C15H19N3O2S. The number of aryl methyl sites for hydroxylation is 2. The maximum Gasteiger partial charge on any atom is 0.257 e. The number of aromatic nitrogens is 1. The molecule has 0 unspecified atom stereocenters. The number of hydrogen-bond donors (Lipinski definition) is 1. The summed E-state index contributed by atoms with van der Waals surface area (Å²) in [6.07, 6.45) is 6.15. The highest BCUT2D eigenvalue weighted by atomic mass is 32.1. The molecular weight excluding hydrogens is 286 g/mol. The molecule has 0 bridgehead atoms. The van der Waals surface area contributed by atoms with Crippen molar-refractivity contribution in [1.82, 2.24) is 9.88 Å². The van der Waals surface area contributed by atoms with Crippen LogP contribution < -0.4 is 5.73 Å². The molecule has 1 amide bonds. The first-order chi connectivity index (χ1) is 10.2. The van der Waals surface area contributed by atoms with Crippen molar-refractivity contribution in [2.75, 3.05) is 7.05 Å². The fraction of sp³-hybridized carbons (Fsp3) is 0.467. The van der Waals surface area contributed by atoms with Crippen LogP contribution in [0, 0.1) is 0 Å². The van der Waals surface area contributed by atoms with Gasteiger partial charge in [0.05, 0.1) is 24.3 Å². The van der Waals surface area contributed by atoms with Crippen LogP contribution in [0.2, 0.25) is 0 Å². The summed E-state index contributed by atoms with van der Waals surface area (Å²) in [6, 6.07) is 1.70.